The average Bonchev–Trinajstić information content (AvgIpc) is 3.69. The SMILES string of the molecule is O=C(c1cccc2c1OCCO2)n1nc(-c2cccn(Cc3ccoc3)c2=O)cc1NCc1ccc(Cl)s1. The Morgan fingerprint density at radius 1 is 1.11 bits per heavy atom. The fraction of sp³-hybridized carbons (Fsp3) is 0.148. The van der Waals surface area contributed by atoms with Crippen molar-refractivity contribution < 1.29 is 18.7 Å². The molecule has 0 amide bonds. The summed E-state index contributed by atoms with van der Waals surface area (Å²) < 4.78 is 20.0. The van der Waals surface area contributed by atoms with E-state index in [9.17, 15) is 9.59 Å². The molecule has 9 nitrogen and oxygen atoms in total. The standard InChI is InChI=1S/C27H21ClN4O5S/c28-23-7-6-18(38-23)14-29-24-13-21(19-4-2-9-31(26(19)33)15-17-8-10-35-16-17)30-32(24)27(34)20-3-1-5-22-25(20)37-12-11-36-22/h1-10,13,16,29H,11-12,14-15H2. The number of carbonyl (C=O) groups excluding carboxylic acids is 1. The first kappa shape index (κ1) is 24.1. The Kier molecular flexibility index (Phi) is 6.48. The van der Waals surface area contributed by atoms with Gasteiger partial charge >= 0.3 is 0 Å². The van der Waals surface area contributed by atoms with Gasteiger partial charge in [-0.25, -0.2) is 0 Å². The van der Waals surface area contributed by atoms with E-state index in [4.69, 9.17) is 25.5 Å². The molecule has 0 atom stereocenters. The lowest BCUT2D eigenvalue weighted by Gasteiger charge is -2.20. The topological polar surface area (TPSA) is 101 Å². The zero-order valence-electron chi connectivity index (χ0n) is 19.9. The molecule has 0 aliphatic carbocycles. The summed E-state index contributed by atoms with van der Waals surface area (Å²) in [6, 6.07) is 15.8. The van der Waals surface area contributed by atoms with Crippen molar-refractivity contribution in [2.45, 2.75) is 13.1 Å². The number of aromatic nitrogens is 3. The van der Waals surface area contributed by atoms with Gasteiger partial charge < -0.3 is 23.8 Å². The third-order valence-electron chi connectivity index (χ3n) is 6.00. The van der Waals surface area contributed by atoms with E-state index >= 15 is 0 Å². The van der Waals surface area contributed by atoms with Gasteiger partial charge in [-0.3, -0.25) is 9.59 Å². The van der Waals surface area contributed by atoms with Gasteiger partial charge in [0.05, 0.1) is 41.1 Å². The highest BCUT2D eigenvalue weighted by Crippen LogP contribution is 2.35. The molecule has 5 aromatic rings. The molecule has 0 saturated carbocycles. The molecule has 6 rings (SSSR count). The Hall–Kier alpha value is -4.28. The first-order valence-electron chi connectivity index (χ1n) is 11.8. The number of para-hydroxylation sites is 1. The average molecular weight is 549 g/mol. The van der Waals surface area contributed by atoms with E-state index in [1.165, 1.54) is 16.0 Å². The van der Waals surface area contributed by atoms with Crippen LogP contribution in [0.4, 0.5) is 5.82 Å². The van der Waals surface area contributed by atoms with Crippen LogP contribution in [0.3, 0.4) is 0 Å². The van der Waals surface area contributed by atoms with Crippen molar-refractivity contribution in [1.82, 2.24) is 14.3 Å². The van der Waals surface area contributed by atoms with Gasteiger partial charge in [0.15, 0.2) is 11.5 Å². The van der Waals surface area contributed by atoms with Gasteiger partial charge in [-0.05, 0) is 42.5 Å². The largest absolute Gasteiger partial charge is 0.486 e. The van der Waals surface area contributed by atoms with Crippen LogP contribution < -0.4 is 20.3 Å². The summed E-state index contributed by atoms with van der Waals surface area (Å²) in [6.45, 7) is 1.51. The van der Waals surface area contributed by atoms with Crippen LogP contribution >= 0.6 is 22.9 Å². The summed E-state index contributed by atoms with van der Waals surface area (Å²) in [7, 11) is 0. The van der Waals surface area contributed by atoms with Crippen molar-refractivity contribution in [3.05, 3.63) is 104 Å². The summed E-state index contributed by atoms with van der Waals surface area (Å²) in [5.41, 5.74) is 1.65. The van der Waals surface area contributed by atoms with E-state index in [1.807, 2.05) is 12.1 Å². The first-order valence-corrected chi connectivity index (χ1v) is 13.0. The predicted molar refractivity (Wildman–Crippen MR) is 144 cm³/mol. The Morgan fingerprint density at radius 3 is 2.82 bits per heavy atom. The number of pyridine rings is 1. The maximum atomic E-state index is 13.8. The second-order valence-electron chi connectivity index (χ2n) is 8.51. The van der Waals surface area contributed by atoms with Gasteiger partial charge in [0.2, 0.25) is 0 Å². The number of nitrogens with zero attached hydrogens (tertiary/aromatic N) is 3. The van der Waals surface area contributed by atoms with Gasteiger partial charge in [0, 0.05) is 22.7 Å². The second-order valence-corrected chi connectivity index (χ2v) is 10.3. The molecule has 0 spiro atoms. The van der Waals surface area contributed by atoms with Crippen LogP contribution in [0, 0.1) is 0 Å². The lowest BCUT2D eigenvalue weighted by molar-refractivity contribution is 0.0936. The molecule has 0 radical (unpaired) electrons. The summed E-state index contributed by atoms with van der Waals surface area (Å²) in [6.07, 6.45) is 4.86. The van der Waals surface area contributed by atoms with Crippen LogP contribution in [0.25, 0.3) is 11.3 Å². The number of halogens is 1. The van der Waals surface area contributed by atoms with E-state index in [2.05, 4.69) is 10.4 Å². The van der Waals surface area contributed by atoms with E-state index in [1.54, 1.807) is 65.8 Å². The van der Waals surface area contributed by atoms with Crippen molar-refractivity contribution in [1.29, 1.82) is 0 Å². The molecule has 0 fully saturated rings. The summed E-state index contributed by atoms with van der Waals surface area (Å²) in [5, 5.41) is 7.85. The molecule has 192 valence electrons. The zero-order valence-corrected chi connectivity index (χ0v) is 21.5. The first-order chi connectivity index (χ1) is 18.6. The highest BCUT2D eigenvalue weighted by molar-refractivity contribution is 7.16. The third kappa shape index (κ3) is 4.71. The molecule has 38 heavy (non-hydrogen) atoms. The van der Waals surface area contributed by atoms with Crippen LogP contribution in [0.15, 0.2) is 82.5 Å². The van der Waals surface area contributed by atoms with Gasteiger partial charge in [-0.2, -0.15) is 9.78 Å². The molecular weight excluding hydrogens is 528 g/mol. The smallest absolute Gasteiger partial charge is 0.283 e. The minimum atomic E-state index is -0.417. The number of carbonyl (C=O) groups is 1. The maximum Gasteiger partial charge on any atom is 0.283 e. The third-order valence-corrected chi connectivity index (χ3v) is 7.23. The number of anilines is 1. The Morgan fingerprint density at radius 2 is 2.00 bits per heavy atom. The van der Waals surface area contributed by atoms with Crippen molar-refractivity contribution in [3.63, 3.8) is 0 Å². The Labute approximate surface area is 225 Å². The highest BCUT2D eigenvalue weighted by Gasteiger charge is 2.25. The van der Waals surface area contributed by atoms with Crippen LogP contribution in [0.5, 0.6) is 11.5 Å². The molecule has 0 bridgehead atoms. The van der Waals surface area contributed by atoms with Crippen LogP contribution in [0.2, 0.25) is 4.34 Å². The van der Waals surface area contributed by atoms with Crippen molar-refractivity contribution >= 4 is 34.7 Å². The molecular formula is C27H21ClN4O5S. The number of benzene rings is 1. The van der Waals surface area contributed by atoms with E-state index in [0.29, 0.717) is 64.8 Å². The molecule has 5 heterocycles. The number of thiophene rings is 1. The van der Waals surface area contributed by atoms with Crippen LogP contribution in [-0.2, 0) is 13.1 Å². The van der Waals surface area contributed by atoms with E-state index < -0.39 is 5.91 Å². The summed E-state index contributed by atoms with van der Waals surface area (Å²) in [5.74, 6) is 0.884. The Balaban J connectivity index is 1.40. The normalized spacial score (nSPS) is 12.4. The van der Waals surface area contributed by atoms with Gasteiger partial charge in [-0.1, -0.05) is 17.7 Å². The van der Waals surface area contributed by atoms with Gasteiger partial charge in [0.1, 0.15) is 24.7 Å². The molecule has 4 aromatic heterocycles. The number of nitrogens with one attached hydrogen (secondary N) is 1. The number of hydrogen-bond donors (Lipinski definition) is 1. The molecule has 1 aromatic carbocycles. The van der Waals surface area contributed by atoms with Crippen molar-refractivity contribution in [2.24, 2.45) is 0 Å². The predicted octanol–water partition coefficient (Wildman–Crippen LogP) is 5.14. The van der Waals surface area contributed by atoms with E-state index in [0.717, 1.165) is 10.4 Å². The molecule has 0 unspecified atom stereocenters. The Bertz CT molecular complexity index is 1670. The second kappa shape index (κ2) is 10.2. The van der Waals surface area contributed by atoms with Crippen molar-refractivity contribution in [3.8, 4) is 22.8 Å². The number of ether oxygens (including phenoxy) is 2. The molecule has 1 aliphatic heterocycles. The lowest BCUT2D eigenvalue weighted by atomic mass is 10.1. The fourth-order valence-electron chi connectivity index (χ4n) is 4.21. The number of rotatable bonds is 7. The summed E-state index contributed by atoms with van der Waals surface area (Å²) in [4.78, 5) is 28.1. The molecule has 0 saturated heterocycles. The zero-order chi connectivity index (χ0) is 26.1. The minimum Gasteiger partial charge on any atom is -0.486 e. The summed E-state index contributed by atoms with van der Waals surface area (Å²) >= 11 is 7.53. The molecule has 1 aliphatic rings. The lowest BCUT2D eigenvalue weighted by Crippen LogP contribution is -2.22. The van der Waals surface area contributed by atoms with Crippen LogP contribution in [0.1, 0.15) is 20.8 Å². The number of furan rings is 1. The quantitative estimate of drug-likeness (QED) is 0.300. The highest BCUT2D eigenvalue weighted by atomic mass is 35.5. The number of fused-ring (bicyclic) bond motifs is 1. The monoisotopic (exact) mass is 548 g/mol. The molecule has 1 N–H and O–H groups in total. The number of hydrogen-bond acceptors (Lipinski definition) is 8. The van der Waals surface area contributed by atoms with Gasteiger partial charge in [0.25, 0.3) is 11.5 Å². The van der Waals surface area contributed by atoms with Crippen LogP contribution in [-0.4, -0.2) is 33.5 Å². The van der Waals surface area contributed by atoms with Crippen molar-refractivity contribution in [2.75, 3.05) is 18.5 Å². The van der Waals surface area contributed by atoms with E-state index in [-0.39, 0.29) is 5.56 Å². The minimum absolute atomic E-state index is 0.240. The van der Waals surface area contributed by atoms with Gasteiger partial charge in [-0.15, -0.1) is 11.3 Å². The molecule has 11 heteroatoms. The fourth-order valence-corrected chi connectivity index (χ4v) is 5.24. The maximum absolute atomic E-state index is 13.8.